The number of ether oxygens (including phenoxy) is 1. The first-order valence-corrected chi connectivity index (χ1v) is 5.02. The number of hydrogen-bond acceptors (Lipinski definition) is 2. The molecule has 1 aromatic carbocycles. The first kappa shape index (κ1) is 11.6. The van der Waals surface area contributed by atoms with Crippen molar-refractivity contribution in [3.63, 3.8) is 0 Å². The number of hydrogen-bond donors (Lipinski definition) is 1. The van der Waals surface area contributed by atoms with E-state index in [1.165, 1.54) is 0 Å². The van der Waals surface area contributed by atoms with Crippen LogP contribution in [0.2, 0.25) is 0 Å². The molecular formula is C12H17NO2. The number of methoxy groups -OCH3 is 1. The third-order valence-corrected chi connectivity index (χ3v) is 2.43. The van der Waals surface area contributed by atoms with E-state index in [1.807, 2.05) is 31.2 Å². The molecule has 1 rings (SSSR count). The molecule has 0 aliphatic carbocycles. The highest BCUT2D eigenvalue weighted by atomic mass is 16.5. The first-order valence-electron chi connectivity index (χ1n) is 5.02. The molecule has 3 nitrogen and oxygen atoms in total. The fraction of sp³-hybridized carbons (Fsp3) is 0.417. The van der Waals surface area contributed by atoms with Gasteiger partial charge in [0, 0.05) is 13.5 Å². The fourth-order valence-corrected chi connectivity index (χ4v) is 1.45. The SMILES string of the molecule is CNC(=O)CC(C)c1cccc(OC)c1. The Morgan fingerprint density at radius 1 is 1.53 bits per heavy atom. The smallest absolute Gasteiger partial charge is 0.220 e. The van der Waals surface area contributed by atoms with Crippen molar-refractivity contribution in [2.24, 2.45) is 0 Å². The summed E-state index contributed by atoms with van der Waals surface area (Å²) in [4.78, 5) is 11.2. The van der Waals surface area contributed by atoms with Crippen LogP contribution in [-0.4, -0.2) is 20.1 Å². The second-order valence-electron chi connectivity index (χ2n) is 3.55. The molecule has 0 saturated heterocycles. The van der Waals surface area contributed by atoms with Crippen molar-refractivity contribution in [1.82, 2.24) is 5.32 Å². The zero-order chi connectivity index (χ0) is 11.3. The summed E-state index contributed by atoms with van der Waals surface area (Å²) in [7, 11) is 3.29. The van der Waals surface area contributed by atoms with Gasteiger partial charge in [-0.3, -0.25) is 4.79 Å². The zero-order valence-corrected chi connectivity index (χ0v) is 9.41. The van der Waals surface area contributed by atoms with Gasteiger partial charge in [-0.05, 0) is 23.6 Å². The standard InChI is InChI=1S/C12H17NO2/c1-9(7-12(14)13-2)10-5-4-6-11(8-10)15-3/h4-6,8-9H,7H2,1-3H3,(H,13,14). The molecule has 1 unspecified atom stereocenters. The van der Waals surface area contributed by atoms with Crippen LogP contribution in [0.4, 0.5) is 0 Å². The molecule has 0 fully saturated rings. The van der Waals surface area contributed by atoms with Crippen LogP contribution in [0.1, 0.15) is 24.8 Å². The predicted molar refractivity (Wildman–Crippen MR) is 60.1 cm³/mol. The topological polar surface area (TPSA) is 38.3 Å². The van der Waals surface area contributed by atoms with Gasteiger partial charge < -0.3 is 10.1 Å². The summed E-state index contributed by atoms with van der Waals surface area (Å²) >= 11 is 0. The van der Waals surface area contributed by atoms with Crippen LogP contribution in [0, 0.1) is 0 Å². The molecule has 15 heavy (non-hydrogen) atoms. The third kappa shape index (κ3) is 3.27. The lowest BCUT2D eigenvalue weighted by molar-refractivity contribution is -0.120. The van der Waals surface area contributed by atoms with Gasteiger partial charge in [-0.25, -0.2) is 0 Å². The average molecular weight is 207 g/mol. The van der Waals surface area contributed by atoms with Crippen LogP contribution in [0.25, 0.3) is 0 Å². The molecule has 0 aliphatic rings. The first-order chi connectivity index (χ1) is 7.17. The second-order valence-corrected chi connectivity index (χ2v) is 3.55. The molecule has 1 atom stereocenters. The Labute approximate surface area is 90.4 Å². The van der Waals surface area contributed by atoms with Gasteiger partial charge >= 0.3 is 0 Å². The number of carbonyl (C=O) groups is 1. The van der Waals surface area contributed by atoms with E-state index in [0.717, 1.165) is 11.3 Å². The lowest BCUT2D eigenvalue weighted by Gasteiger charge is -2.11. The van der Waals surface area contributed by atoms with Gasteiger partial charge in [0.1, 0.15) is 5.75 Å². The van der Waals surface area contributed by atoms with E-state index in [9.17, 15) is 4.79 Å². The van der Waals surface area contributed by atoms with Crippen molar-refractivity contribution < 1.29 is 9.53 Å². The lowest BCUT2D eigenvalue weighted by Crippen LogP contribution is -2.19. The van der Waals surface area contributed by atoms with Gasteiger partial charge in [-0.15, -0.1) is 0 Å². The van der Waals surface area contributed by atoms with Gasteiger partial charge in [0.2, 0.25) is 5.91 Å². The molecule has 0 radical (unpaired) electrons. The Kier molecular flexibility index (Phi) is 4.16. The molecule has 0 spiro atoms. The van der Waals surface area contributed by atoms with Gasteiger partial charge in [0.15, 0.2) is 0 Å². The number of benzene rings is 1. The molecule has 1 aromatic rings. The van der Waals surface area contributed by atoms with E-state index in [4.69, 9.17) is 4.74 Å². The molecule has 0 aromatic heterocycles. The second kappa shape index (κ2) is 5.39. The fourth-order valence-electron chi connectivity index (χ4n) is 1.45. The van der Waals surface area contributed by atoms with Crippen LogP contribution in [-0.2, 0) is 4.79 Å². The van der Waals surface area contributed by atoms with E-state index in [2.05, 4.69) is 5.32 Å². The van der Waals surface area contributed by atoms with Gasteiger partial charge in [-0.1, -0.05) is 19.1 Å². The Morgan fingerprint density at radius 3 is 2.87 bits per heavy atom. The van der Waals surface area contributed by atoms with Crippen LogP contribution in [0.3, 0.4) is 0 Å². The van der Waals surface area contributed by atoms with E-state index in [1.54, 1.807) is 14.2 Å². The molecule has 0 aliphatic heterocycles. The van der Waals surface area contributed by atoms with Gasteiger partial charge in [0.05, 0.1) is 7.11 Å². The number of amides is 1. The van der Waals surface area contributed by atoms with Crippen molar-refractivity contribution in [2.75, 3.05) is 14.2 Å². The van der Waals surface area contributed by atoms with Crippen LogP contribution in [0.15, 0.2) is 24.3 Å². The van der Waals surface area contributed by atoms with Crippen molar-refractivity contribution in [3.8, 4) is 5.75 Å². The van der Waals surface area contributed by atoms with Crippen molar-refractivity contribution in [1.29, 1.82) is 0 Å². The normalized spacial score (nSPS) is 11.9. The number of carbonyl (C=O) groups excluding carboxylic acids is 1. The maximum Gasteiger partial charge on any atom is 0.220 e. The Bertz CT molecular complexity index is 336. The van der Waals surface area contributed by atoms with Crippen LogP contribution >= 0.6 is 0 Å². The van der Waals surface area contributed by atoms with Crippen molar-refractivity contribution in [3.05, 3.63) is 29.8 Å². The summed E-state index contributed by atoms with van der Waals surface area (Å²) in [5, 5.41) is 2.62. The van der Waals surface area contributed by atoms with Gasteiger partial charge in [0.25, 0.3) is 0 Å². The van der Waals surface area contributed by atoms with E-state index < -0.39 is 0 Å². The number of rotatable bonds is 4. The lowest BCUT2D eigenvalue weighted by atomic mass is 9.97. The highest BCUT2D eigenvalue weighted by Gasteiger charge is 2.10. The highest BCUT2D eigenvalue weighted by molar-refractivity contribution is 5.76. The Balaban J connectivity index is 2.72. The maximum absolute atomic E-state index is 11.2. The number of nitrogens with one attached hydrogen (secondary N) is 1. The molecule has 0 bridgehead atoms. The summed E-state index contributed by atoms with van der Waals surface area (Å²) in [5.74, 6) is 1.10. The average Bonchev–Trinajstić information content (AvgIpc) is 2.28. The molecular weight excluding hydrogens is 190 g/mol. The minimum absolute atomic E-state index is 0.0605. The van der Waals surface area contributed by atoms with E-state index in [-0.39, 0.29) is 11.8 Å². The molecule has 1 N–H and O–H groups in total. The molecule has 3 heteroatoms. The summed E-state index contributed by atoms with van der Waals surface area (Å²) in [6.45, 7) is 2.03. The molecule has 82 valence electrons. The van der Waals surface area contributed by atoms with Crippen LogP contribution < -0.4 is 10.1 Å². The molecule has 0 heterocycles. The summed E-state index contributed by atoms with van der Waals surface area (Å²) in [6, 6.07) is 7.81. The largest absolute Gasteiger partial charge is 0.497 e. The highest BCUT2D eigenvalue weighted by Crippen LogP contribution is 2.22. The van der Waals surface area contributed by atoms with Crippen molar-refractivity contribution >= 4 is 5.91 Å². The predicted octanol–water partition coefficient (Wildman–Crippen LogP) is 1.93. The Morgan fingerprint density at radius 2 is 2.27 bits per heavy atom. The quantitative estimate of drug-likeness (QED) is 0.819. The van der Waals surface area contributed by atoms with Crippen LogP contribution in [0.5, 0.6) is 5.75 Å². The minimum Gasteiger partial charge on any atom is -0.497 e. The van der Waals surface area contributed by atoms with Gasteiger partial charge in [-0.2, -0.15) is 0 Å². The summed E-state index contributed by atoms with van der Waals surface area (Å²) < 4.78 is 5.14. The van der Waals surface area contributed by atoms with E-state index in [0.29, 0.717) is 6.42 Å². The minimum atomic E-state index is 0.0605. The Hall–Kier alpha value is -1.51. The summed E-state index contributed by atoms with van der Waals surface area (Å²) in [6.07, 6.45) is 0.504. The van der Waals surface area contributed by atoms with Crippen molar-refractivity contribution in [2.45, 2.75) is 19.3 Å². The summed E-state index contributed by atoms with van der Waals surface area (Å²) in [5.41, 5.74) is 1.12. The molecule has 1 amide bonds. The zero-order valence-electron chi connectivity index (χ0n) is 9.41. The monoisotopic (exact) mass is 207 g/mol. The van der Waals surface area contributed by atoms with E-state index >= 15 is 0 Å². The third-order valence-electron chi connectivity index (χ3n) is 2.43. The molecule has 0 saturated carbocycles. The maximum atomic E-state index is 11.2.